The molecule has 3 amide bonds. The molecule has 1 fully saturated rings. The van der Waals surface area contributed by atoms with Crippen molar-refractivity contribution in [1.82, 2.24) is 15.1 Å². The first-order valence-electron chi connectivity index (χ1n) is 13.0. The van der Waals surface area contributed by atoms with Crippen LogP contribution in [0.3, 0.4) is 0 Å². The van der Waals surface area contributed by atoms with Gasteiger partial charge in [-0.05, 0) is 42.7 Å². The largest absolute Gasteiger partial charge is 0.382 e. The molecule has 1 saturated heterocycles. The van der Waals surface area contributed by atoms with Crippen molar-refractivity contribution in [2.75, 3.05) is 31.7 Å². The van der Waals surface area contributed by atoms with Gasteiger partial charge in [-0.2, -0.15) is 0 Å². The Labute approximate surface area is 236 Å². The van der Waals surface area contributed by atoms with E-state index in [-0.39, 0.29) is 54.6 Å². The molecule has 0 aromatic heterocycles. The summed E-state index contributed by atoms with van der Waals surface area (Å²) in [6.07, 6.45) is -0.324. The SMILES string of the molecule is CC(Nc1ccc(CNC(=O)[C@@H]2SCCN2C(=O)C[C@H](N)Cc2cc(F)c(F)cc2F)cc1)[C@@H](C)C(=O)N(C)C. The molecule has 1 aliphatic heterocycles. The summed E-state index contributed by atoms with van der Waals surface area (Å²) in [6, 6.07) is 7.78. The van der Waals surface area contributed by atoms with Crippen LogP contribution in [0.15, 0.2) is 36.4 Å². The number of carbonyl (C=O) groups is 3. The number of hydrogen-bond acceptors (Lipinski definition) is 6. The van der Waals surface area contributed by atoms with Crippen molar-refractivity contribution in [2.24, 2.45) is 11.7 Å². The zero-order valence-corrected chi connectivity index (χ0v) is 23.9. The standard InChI is InChI=1S/C28H36F3N5O3S/c1-16(27(39)35(3)4)17(2)34-21-7-5-18(6-8-21)15-33-26(38)28-36(9-10-40-28)25(37)13-20(32)11-19-12-23(30)24(31)14-22(19)29/h5-8,12,14,16-17,20,28,34H,9-11,13,15,32H2,1-4H3,(H,33,38)/t16-,17?,20-,28+/m1/s1. The Balaban J connectivity index is 1.50. The molecule has 1 aliphatic rings. The number of nitrogens with zero attached hydrogens (tertiary/aromatic N) is 2. The monoisotopic (exact) mass is 579 g/mol. The van der Waals surface area contributed by atoms with Gasteiger partial charge in [0.25, 0.3) is 5.91 Å². The Kier molecular flexibility index (Phi) is 10.9. The van der Waals surface area contributed by atoms with Gasteiger partial charge in [-0.3, -0.25) is 14.4 Å². The van der Waals surface area contributed by atoms with E-state index in [1.165, 1.54) is 16.7 Å². The van der Waals surface area contributed by atoms with E-state index in [4.69, 9.17) is 5.73 Å². The average Bonchev–Trinajstić information content (AvgIpc) is 3.40. The van der Waals surface area contributed by atoms with E-state index in [0.717, 1.165) is 17.3 Å². The maximum absolute atomic E-state index is 14.0. The number of halogens is 3. The minimum absolute atomic E-state index is 0.0378. The normalized spacial score (nSPS) is 17.2. The first-order chi connectivity index (χ1) is 18.9. The summed E-state index contributed by atoms with van der Waals surface area (Å²) in [5.41, 5.74) is 7.61. The number of nitrogens with two attached hydrogens (primary N) is 1. The van der Waals surface area contributed by atoms with E-state index in [1.54, 1.807) is 19.0 Å². The number of thioether (sulfide) groups is 1. The number of anilines is 1. The molecule has 4 atom stereocenters. The molecule has 0 bridgehead atoms. The lowest BCUT2D eigenvalue weighted by Gasteiger charge is -2.25. The predicted molar refractivity (Wildman–Crippen MR) is 150 cm³/mol. The van der Waals surface area contributed by atoms with Crippen molar-refractivity contribution in [3.63, 3.8) is 0 Å². The van der Waals surface area contributed by atoms with Crippen LogP contribution in [0.1, 0.15) is 31.4 Å². The molecule has 40 heavy (non-hydrogen) atoms. The molecule has 0 radical (unpaired) electrons. The number of hydrogen-bond donors (Lipinski definition) is 3. The van der Waals surface area contributed by atoms with Gasteiger partial charge in [-0.15, -0.1) is 11.8 Å². The minimum atomic E-state index is -1.29. The number of nitrogens with one attached hydrogen (secondary N) is 2. The van der Waals surface area contributed by atoms with Gasteiger partial charge in [0, 0.05) is 63.2 Å². The summed E-state index contributed by atoms with van der Waals surface area (Å²) in [4.78, 5) is 41.0. The Hall–Kier alpha value is -3.25. The quantitative estimate of drug-likeness (QED) is 0.353. The number of amides is 3. The summed E-state index contributed by atoms with van der Waals surface area (Å²) in [5.74, 6) is -3.68. The van der Waals surface area contributed by atoms with E-state index in [0.29, 0.717) is 18.4 Å². The zero-order valence-electron chi connectivity index (χ0n) is 23.0. The fraction of sp³-hybridized carbons (Fsp3) is 0.464. The highest BCUT2D eigenvalue weighted by Gasteiger charge is 2.35. The molecule has 0 saturated carbocycles. The Morgan fingerprint density at radius 3 is 2.38 bits per heavy atom. The van der Waals surface area contributed by atoms with E-state index >= 15 is 0 Å². The van der Waals surface area contributed by atoms with Crippen LogP contribution in [0.4, 0.5) is 18.9 Å². The van der Waals surface area contributed by atoms with Crippen molar-refractivity contribution >= 4 is 35.2 Å². The fourth-order valence-electron chi connectivity index (χ4n) is 4.36. The lowest BCUT2D eigenvalue weighted by Crippen LogP contribution is -2.46. The van der Waals surface area contributed by atoms with E-state index in [9.17, 15) is 27.6 Å². The first kappa shape index (κ1) is 31.3. The summed E-state index contributed by atoms with van der Waals surface area (Å²) in [6.45, 7) is 4.44. The van der Waals surface area contributed by atoms with Crippen LogP contribution in [0.25, 0.3) is 0 Å². The molecule has 2 aromatic carbocycles. The second-order valence-corrected chi connectivity index (χ2v) is 11.4. The van der Waals surface area contributed by atoms with Crippen LogP contribution in [0.5, 0.6) is 0 Å². The van der Waals surface area contributed by atoms with Crippen molar-refractivity contribution < 1.29 is 27.6 Å². The zero-order chi connectivity index (χ0) is 29.6. The Morgan fingerprint density at radius 1 is 1.07 bits per heavy atom. The van der Waals surface area contributed by atoms with Crippen molar-refractivity contribution in [1.29, 1.82) is 0 Å². The van der Waals surface area contributed by atoms with Gasteiger partial charge in [0.2, 0.25) is 11.8 Å². The molecular weight excluding hydrogens is 543 g/mol. The lowest BCUT2D eigenvalue weighted by atomic mass is 10.0. The maximum Gasteiger partial charge on any atom is 0.253 e. The highest BCUT2D eigenvalue weighted by Crippen LogP contribution is 2.25. The number of rotatable bonds is 11. The van der Waals surface area contributed by atoms with Crippen molar-refractivity contribution in [3.05, 3.63) is 65.0 Å². The molecule has 0 aliphatic carbocycles. The van der Waals surface area contributed by atoms with Crippen LogP contribution < -0.4 is 16.4 Å². The molecule has 0 spiro atoms. The molecule has 8 nitrogen and oxygen atoms in total. The highest BCUT2D eigenvalue weighted by atomic mass is 32.2. The number of benzene rings is 2. The molecule has 1 heterocycles. The topological polar surface area (TPSA) is 108 Å². The Bertz CT molecular complexity index is 1210. The third-order valence-electron chi connectivity index (χ3n) is 6.84. The van der Waals surface area contributed by atoms with Crippen LogP contribution >= 0.6 is 11.8 Å². The molecule has 218 valence electrons. The molecule has 12 heteroatoms. The second kappa shape index (κ2) is 13.9. The van der Waals surface area contributed by atoms with Crippen molar-refractivity contribution in [3.8, 4) is 0 Å². The van der Waals surface area contributed by atoms with Gasteiger partial charge in [-0.25, -0.2) is 13.2 Å². The van der Waals surface area contributed by atoms with Crippen LogP contribution in [-0.2, 0) is 27.3 Å². The highest BCUT2D eigenvalue weighted by molar-refractivity contribution is 8.00. The average molecular weight is 580 g/mol. The third kappa shape index (κ3) is 8.14. The predicted octanol–water partition coefficient (Wildman–Crippen LogP) is 3.11. The lowest BCUT2D eigenvalue weighted by molar-refractivity contribution is -0.136. The minimum Gasteiger partial charge on any atom is -0.382 e. The molecular formula is C28H36F3N5O3S. The first-order valence-corrected chi connectivity index (χ1v) is 14.1. The fourth-order valence-corrected chi connectivity index (χ4v) is 5.53. The summed E-state index contributed by atoms with van der Waals surface area (Å²) in [7, 11) is 3.45. The van der Waals surface area contributed by atoms with E-state index in [1.807, 2.05) is 38.1 Å². The molecule has 1 unspecified atom stereocenters. The van der Waals surface area contributed by atoms with E-state index < -0.39 is 28.9 Å². The molecule has 2 aromatic rings. The van der Waals surface area contributed by atoms with Crippen LogP contribution in [-0.4, -0.2) is 71.4 Å². The maximum atomic E-state index is 14.0. The van der Waals surface area contributed by atoms with Crippen LogP contribution in [0.2, 0.25) is 0 Å². The molecule has 3 rings (SSSR count). The van der Waals surface area contributed by atoms with Gasteiger partial charge in [0.05, 0.1) is 5.92 Å². The van der Waals surface area contributed by atoms with E-state index in [2.05, 4.69) is 10.6 Å². The van der Waals surface area contributed by atoms with Gasteiger partial charge in [0.1, 0.15) is 5.82 Å². The van der Waals surface area contributed by atoms with Crippen molar-refractivity contribution in [2.45, 2.75) is 50.7 Å². The third-order valence-corrected chi connectivity index (χ3v) is 8.04. The summed E-state index contributed by atoms with van der Waals surface area (Å²) < 4.78 is 40.6. The second-order valence-electron chi connectivity index (χ2n) is 10.2. The molecule has 4 N–H and O–H groups in total. The summed E-state index contributed by atoms with van der Waals surface area (Å²) in [5, 5.41) is 5.46. The van der Waals surface area contributed by atoms with Gasteiger partial charge in [0.15, 0.2) is 17.0 Å². The number of carbonyl (C=O) groups excluding carboxylic acids is 3. The smallest absolute Gasteiger partial charge is 0.253 e. The van der Waals surface area contributed by atoms with Gasteiger partial charge < -0.3 is 26.2 Å². The van der Waals surface area contributed by atoms with Gasteiger partial charge in [-0.1, -0.05) is 19.1 Å². The van der Waals surface area contributed by atoms with Gasteiger partial charge >= 0.3 is 0 Å². The summed E-state index contributed by atoms with van der Waals surface area (Å²) >= 11 is 1.34. The Morgan fingerprint density at radius 2 is 1.73 bits per heavy atom. The van der Waals surface area contributed by atoms with Crippen LogP contribution in [0, 0.1) is 23.4 Å².